The Bertz CT molecular complexity index is 856. The Morgan fingerprint density at radius 2 is 1.70 bits per heavy atom. The summed E-state index contributed by atoms with van der Waals surface area (Å²) in [7, 11) is 0. The maximum absolute atomic E-state index is 12.3. The number of carbonyl (C=O) groups is 2. The molecule has 0 aliphatic carbocycles. The molecule has 1 saturated heterocycles. The molecule has 1 fully saturated rings. The van der Waals surface area contributed by atoms with E-state index in [0.29, 0.717) is 0 Å². The van der Waals surface area contributed by atoms with Gasteiger partial charge < -0.3 is 19.9 Å². The number of rotatable bonds is 8. The maximum Gasteiger partial charge on any atom is 0.508 e. The minimum Gasteiger partial charge on any atom is -0.430 e. The summed E-state index contributed by atoms with van der Waals surface area (Å²) in [5, 5.41) is 13.2. The third-order valence-electron chi connectivity index (χ3n) is 6.29. The number of nitrogens with one attached hydrogen (secondary N) is 1. The number of amides is 1. The molecule has 160 valence electrons. The van der Waals surface area contributed by atoms with Gasteiger partial charge in [0.1, 0.15) is 12.7 Å². The topological polar surface area (TPSA) is 84.9 Å². The van der Waals surface area contributed by atoms with Crippen LogP contribution in [0.3, 0.4) is 0 Å². The number of hydrogen-bond acceptors (Lipinski definition) is 5. The van der Waals surface area contributed by atoms with Gasteiger partial charge in [-0.25, -0.2) is 4.79 Å². The monoisotopic (exact) mass is 411 g/mol. The summed E-state index contributed by atoms with van der Waals surface area (Å²) >= 11 is 0. The van der Waals surface area contributed by atoms with Crippen molar-refractivity contribution in [3.8, 4) is 0 Å². The second-order valence-corrected chi connectivity index (χ2v) is 8.16. The van der Waals surface area contributed by atoms with Gasteiger partial charge in [0, 0.05) is 5.41 Å². The molecule has 0 aromatic heterocycles. The number of benzene rings is 2. The smallest absolute Gasteiger partial charge is 0.430 e. The summed E-state index contributed by atoms with van der Waals surface area (Å²) in [5.41, 5.74) is 1.31. The van der Waals surface area contributed by atoms with Crippen molar-refractivity contribution in [1.82, 2.24) is 5.32 Å². The minimum atomic E-state index is -0.813. The standard InChI is InChI=1S/C24H29NO5/c1-16(19-12-8-5-9-13-19)24(3,15-26)21-20(22(27)25-21)17(2)30-23(28)29-14-18-10-6-4-7-11-18/h4-13,16-17,20-21,26H,14-15H2,1-3H3,(H,25,27)/t16?,17-,20-,21+,24?/m1/s1. The Kier molecular flexibility index (Phi) is 6.77. The Hall–Kier alpha value is -2.86. The fraction of sp³-hybridized carbons (Fsp3) is 0.417. The Balaban J connectivity index is 1.65. The van der Waals surface area contributed by atoms with Gasteiger partial charge in [0.25, 0.3) is 0 Å². The van der Waals surface area contributed by atoms with Crippen molar-refractivity contribution in [3.05, 3.63) is 71.8 Å². The second kappa shape index (κ2) is 9.30. The van der Waals surface area contributed by atoms with Gasteiger partial charge in [0.05, 0.1) is 18.6 Å². The van der Waals surface area contributed by atoms with E-state index >= 15 is 0 Å². The van der Waals surface area contributed by atoms with E-state index in [1.807, 2.05) is 74.5 Å². The van der Waals surface area contributed by atoms with Crippen molar-refractivity contribution >= 4 is 12.1 Å². The Labute approximate surface area is 177 Å². The van der Waals surface area contributed by atoms with Crippen LogP contribution in [0, 0.1) is 11.3 Å². The van der Waals surface area contributed by atoms with Crippen molar-refractivity contribution in [2.24, 2.45) is 11.3 Å². The highest BCUT2D eigenvalue weighted by Gasteiger charge is 2.55. The van der Waals surface area contributed by atoms with E-state index in [1.54, 1.807) is 6.92 Å². The first-order valence-electron chi connectivity index (χ1n) is 10.2. The third kappa shape index (κ3) is 4.49. The van der Waals surface area contributed by atoms with Crippen molar-refractivity contribution in [1.29, 1.82) is 0 Å². The molecule has 2 unspecified atom stereocenters. The van der Waals surface area contributed by atoms with Crippen molar-refractivity contribution in [2.45, 2.75) is 45.4 Å². The molecule has 1 amide bonds. The first-order chi connectivity index (χ1) is 14.4. The molecule has 6 heteroatoms. The molecule has 2 aromatic rings. The van der Waals surface area contributed by atoms with Crippen molar-refractivity contribution in [3.63, 3.8) is 0 Å². The average molecular weight is 411 g/mol. The van der Waals surface area contributed by atoms with E-state index in [9.17, 15) is 14.7 Å². The molecule has 30 heavy (non-hydrogen) atoms. The number of hydrogen-bond donors (Lipinski definition) is 2. The van der Waals surface area contributed by atoms with Crippen molar-refractivity contribution in [2.75, 3.05) is 6.61 Å². The van der Waals surface area contributed by atoms with Gasteiger partial charge in [-0.15, -0.1) is 0 Å². The summed E-state index contributed by atoms with van der Waals surface area (Å²) < 4.78 is 10.6. The lowest BCUT2D eigenvalue weighted by atomic mass is 9.62. The second-order valence-electron chi connectivity index (χ2n) is 8.16. The van der Waals surface area contributed by atoms with Gasteiger partial charge in [-0.2, -0.15) is 0 Å². The van der Waals surface area contributed by atoms with E-state index < -0.39 is 23.6 Å². The number of β-lactam (4-membered cyclic amide) rings is 1. The maximum atomic E-state index is 12.3. The predicted octanol–water partition coefficient (Wildman–Crippen LogP) is 3.65. The molecule has 0 saturated carbocycles. The molecule has 2 N–H and O–H groups in total. The van der Waals surface area contributed by atoms with E-state index in [4.69, 9.17) is 9.47 Å². The molecule has 1 aliphatic rings. The lowest BCUT2D eigenvalue weighted by Crippen LogP contribution is -2.69. The highest BCUT2D eigenvalue weighted by Crippen LogP contribution is 2.44. The highest BCUT2D eigenvalue weighted by molar-refractivity contribution is 5.87. The fourth-order valence-electron chi connectivity index (χ4n) is 4.06. The largest absolute Gasteiger partial charge is 0.508 e. The van der Waals surface area contributed by atoms with Gasteiger partial charge in [-0.1, -0.05) is 74.5 Å². The number of aliphatic hydroxyl groups excluding tert-OH is 1. The Morgan fingerprint density at radius 1 is 1.10 bits per heavy atom. The van der Waals surface area contributed by atoms with Crippen LogP contribution in [0.5, 0.6) is 0 Å². The fourth-order valence-corrected chi connectivity index (χ4v) is 4.06. The van der Waals surface area contributed by atoms with E-state index in [1.165, 1.54) is 0 Å². The highest BCUT2D eigenvalue weighted by atomic mass is 16.7. The SMILES string of the molecule is CC(c1ccccc1)C(C)(CO)[C@H]1NC(=O)[C@@H]1[C@@H](C)OC(=O)OCc1ccccc1. The first kappa shape index (κ1) is 21.8. The van der Waals surface area contributed by atoms with Crippen LogP contribution in [0.1, 0.15) is 37.8 Å². The molecular weight excluding hydrogens is 382 g/mol. The first-order valence-corrected chi connectivity index (χ1v) is 10.2. The van der Waals surface area contributed by atoms with Crippen LogP contribution >= 0.6 is 0 Å². The summed E-state index contributed by atoms with van der Waals surface area (Å²) in [5.74, 6) is -0.769. The van der Waals surface area contributed by atoms with Gasteiger partial charge in [-0.05, 0) is 24.0 Å². The van der Waals surface area contributed by atoms with Crippen LogP contribution in [0.2, 0.25) is 0 Å². The van der Waals surface area contributed by atoms with Gasteiger partial charge in [0.15, 0.2) is 0 Å². The summed E-state index contributed by atoms with van der Waals surface area (Å²) in [6, 6.07) is 18.8. The van der Waals surface area contributed by atoms with Crippen LogP contribution in [0.4, 0.5) is 4.79 Å². The number of carbonyl (C=O) groups excluding carboxylic acids is 2. The minimum absolute atomic E-state index is 0.0194. The number of aliphatic hydroxyl groups is 1. The molecule has 5 atom stereocenters. The Morgan fingerprint density at radius 3 is 2.27 bits per heavy atom. The van der Waals surface area contributed by atoms with Gasteiger partial charge >= 0.3 is 6.16 Å². The van der Waals surface area contributed by atoms with Crippen LogP contribution in [-0.4, -0.2) is 35.9 Å². The predicted molar refractivity (Wildman–Crippen MR) is 113 cm³/mol. The average Bonchev–Trinajstić information content (AvgIpc) is 2.76. The molecule has 0 spiro atoms. The van der Waals surface area contributed by atoms with Gasteiger partial charge in [0.2, 0.25) is 5.91 Å². The molecule has 0 bridgehead atoms. The molecule has 6 nitrogen and oxygen atoms in total. The summed E-state index contributed by atoms with van der Waals surface area (Å²) in [6.45, 7) is 5.65. The molecule has 1 heterocycles. The molecule has 1 aliphatic heterocycles. The van der Waals surface area contributed by atoms with Gasteiger partial charge in [-0.3, -0.25) is 4.79 Å². The zero-order chi connectivity index (χ0) is 21.7. The third-order valence-corrected chi connectivity index (χ3v) is 6.29. The van der Waals surface area contributed by atoms with Crippen LogP contribution in [0.15, 0.2) is 60.7 Å². The van der Waals surface area contributed by atoms with Crippen LogP contribution < -0.4 is 5.32 Å². The van der Waals surface area contributed by atoms with E-state index in [0.717, 1.165) is 11.1 Å². The van der Waals surface area contributed by atoms with Crippen molar-refractivity contribution < 1.29 is 24.2 Å². The molecular formula is C24H29NO5. The lowest BCUT2D eigenvalue weighted by Gasteiger charge is -2.51. The van der Waals surface area contributed by atoms with E-state index in [-0.39, 0.29) is 31.1 Å². The zero-order valence-corrected chi connectivity index (χ0v) is 17.6. The zero-order valence-electron chi connectivity index (χ0n) is 17.6. The molecule has 3 rings (SSSR count). The van der Waals surface area contributed by atoms with E-state index in [2.05, 4.69) is 5.32 Å². The molecule has 2 aromatic carbocycles. The molecule has 0 radical (unpaired) electrons. The summed E-state index contributed by atoms with van der Waals surface area (Å²) in [6.07, 6.45) is -1.49. The number of ether oxygens (including phenoxy) is 2. The summed E-state index contributed by atoms with van der Waals surface area (Å²) in [4.78, 5) is 24.5. The normalized spacial score (nSPS) is 22.1. The lowest BCUT2D eigenvalue weighted by molar-refractivity contribution is -0.150. The van der Waals surface area contributed by atoms with Crippen LogP contribution in [0.25, 0.3) is 0 Å². The van der Waals surface area contributed by atoms with Crippen LogP contribution in [-0.2, 0) is 20.9 Å². The quantitative estimate of drug-likeness (QED) is 0.512.